The maximum atomic E-state index is 9.40. The number of rotatable bonds is 3. The lowest BCUT2D eigenvalue weighted by Crippen LogP contribution is -1.99. The highest BCUT2D eigenvalue weighted by Gasteiger charge is 2.08. The molecule has 0 saturated heterocycles. The van der Waals surface area contributed by atoms with E-state index in [9.17, 15) is 5.11 Å². The van der Waals surface area contributed by atoms with Gasteiger partial charge in [0.15, 0.2) is 5.76 Å². The number of hydrogen-bond acceptors (Lipinski definition) is 3. The molecule has 0 atom stereocenters. The molecule has 0 aliphatic heterocycles. The Bertz CT molecular complexity index is 682. The van der Waals surface area contributed by atoms with Crippen molar-refractivity contribution >= 4 is 10.9 Å². The summed E-state index contributed by atoms with van der Waals surface area (Å²) < 4.78 is 7.30. The molecule has 1 N–H and O–H groups in total. The topological polar surface area (TPSA) is 51.2 Å². The summed E-state index contributed by atoms with van der Waals surface area (Å²) in [5.74, 6) is 0.817. The summed E-state index contributed by atoms with van der Waals surface area (Å²) in [5.41, 5.74) is 2.85. The number of hydrogen-bond donors (Lipinski definition) is 1. The van der Waals surface area contributed by atoms with Crippen molar-refractivity contribution in [3.8, 4) is 0 Å². The highest BCUT2D eigenvalue weighted by Crippen LogP contribution is 2.21. The average Bonchev–Trinajstić information content (AvgIpc) is 2.97. The second-order valence-corrected chi connectivity index (χ2v) is 4.39. The van der Waals surface area contributed by atoms with Crippen molar-refractivity contribution in [3.63, 3.8) is 0 Å². The van der Waals surface area contributed by atoms with E-state index < -0.39 is 0 Å². The number of nitrogens with zero attached hydrogens (tertiary/aromatic N) is 2. The molecule has 0 fully saturated rings. The van der Waals surface area contributed by atoms with E-state index in [4.69, 9.17) is 4.52 Å². The first-order valence-corrected chi connectivity index (χ1v) is 5.88. The summed E-state index contributed by atoms with van der Waals surface area (Å²) in [5, 5.41) is 14.4. The summed E-state index contributed by atoms with van der Waals surface area (Å²) >= 11 is 0. The Kier molecular flexibility index (Phi) is 2.64. The van der Waals surface area contributed by atoms with Crippen LogP contribution >= 0.6 is 0 Å². The molecule has 2 aromatic heterocycles. The van der Waals surface area contributed by atoms with Crippen molar-refractivity contribution in [2.24, 2.45) is 0 Å². The number of aliphatic hydroxyl groups excluding tert-OH is 1. The zero-order valence-electron chi connectivity index (χ0n) is 10.1. The highest BCUT2D eigenvalue weighted by atomic mass is 16.5. The standard InChI is InChI=1S/C14H14N2O2/c1-10-7-13(18-15-10)8-16-6-5-11-3-2-4-12(9-17)14(11)16/h2-7,17H,8-9H2,1H3. The van der Waals surface area contributed by atoms with E-state index in [2.05, 4.69) is 9.72 Å². The molecule has 1 aromatic carbocycles. The van der Waals surface area contributed by atoms with Crippen LogP contribution < -0.4 is 0 Å². The molecule has 0 spiro atoms. The molecule has 0 aliphatic carbocycles. The normalized spacial score (nSPS) is 11.2. The van der Waals surface area contributed by atoms with Gasteiger partial charge in [-0.05, 0) is 18.4 Å². The third kappa shape index (κ3) is 1.80. The molecule has 18 heavy (non-hydrogen) atoms. The Labute approximate surface area is 104 Å². The lowest BCUT2D eigenvalue weighted by atomic mass is 10.1. The van der Waals surface area contributed by atoms with E-state index in [0.717, 1.165) is 27.9 Å². The largest absolute Gasteiger partial charge is 0.392 e. The smallest absolute Gasteiger partial charge is 0.156 e. The third-order valence-corrected chi connectivity index (χ3v) is 3.05. The molecule has 2 heterocycles. The summed E-state index contributed by atoms with van der Waals surface area (Å²) in [7, 11) is 0. The van der Waals surface area contributed by atoms with Gasteiger partial charge in [-0.15, -0.1) is 0 Å². The van der Waals surface area contributed by atoms with Gasteiger partial charge in [-0.2, -0.15) is 0 Å². The molecule has 0 unspecified atom stereocenters. The summed E-state index contributed by atoms with van der Waals surface area (Å²) in [6.07, 6.45) is 2.00. The summed E-state index contributed by atoms with van der Waals surface area (Å²) in [4.78, 5) is 0. The molecule has 0 saturated carbocycles. The predicted octanol–water partition coefficient (Wildman–Crippen LogP) is 2.48. The number of aryl methyl sites for hydroxylation is 1. The van der Waals surface area contributed by atoms with Gasteiger partial charge in [0.25, 0.3) is 0 Å². The van der Waals surface area contributed by atoms with Crippen LogP contribution in [0.1, 0.15) is 17.0 Å². The van der Waals surface area contributed by atoms with Crippen LogP contribution in [0.15, 0.2) is 41.1 Å². The van der Waals surface area contributed by atoms with Crippen molar-refractivity contribution in [3.05, 3.63) is 53.5 Å². The zero-order valence-corrected chi connectivity index (χ0v) is 10.1. The van der Waals surface area contributed by atoms with Gasteiger partial charge in [0.2, 0.25) is 0 Å². The lowest BCUT2D eigenvalue weighted by Gasteiger charge is -2.06. The van der Waals surface area contributed by atoms with Gasteiger partial charge in [0.05, 0.1) is 24.4 Å². The number of para-hydroxylation sites is 1. The average molecular weight is 242 g/mol. The van der Waals surface area contributed by atoms with Crippen molar-refractivity contribution in [2.75, 3.05) is 0 Å². The van der Waals surface area contributed by atoms with E-state index in [0.29, 0.717) is 6.54 Å². The molecule has 3 aromatic rings. The number of aliphatic hydroxyl groups is 1. The van der Waals surface area contributed by atoms with Crippen LogP contribution in [0.25, 0.3) is 10.9 Å². The van der Waals surface area contributed by atoms with Crippen molar-refractivity contribution in [1.29, 1.82) is 0 Å². The van der Waals surface area contributed by atoms with Crippen LogP contribution in [0.2, 0.25) is 0 Å². The molecule has 92 valence electrons. The molecule has 0 amide bonds. The van der Waals surface area contributed by atoms with Crippen molar-refractivity contribution in [1.82, 2.24) is 9.72 Å². The monoisotopic (exact) mass is 242 g/mol. The van der Waals surface area contributed by atoms with Gasteiger partial charge in [-0.1, -0.05) is 23.4 Å². The Morgan fingerprint density at radius 1 is 1.33 bits per heavy atom. The van der Waals surface area contributed by atoms with E-state index >= 15 is 0 Å². The molecule has 0 aliphatic rings. The van der Waals surface area contributed by atoms with E-state index in [1.165, 1.54) is 0 Å². The fraction of sp³-hybridized carbons (Fsp3) is 0.214. The Morgan fingerprint density at radius 3 is 2.94 bits per heavy atom. The Balaban J connectivity index is 2.06. The van der Waals surface area contributed by atoms with Gasteiger partial charge >= 0.3 is 0 Å². The third-order valence-electron chi connectivity index (χ3n) is 3.05. The number of fused-ring (bicyclic) bond motifs is 1. The van der Waals surface area contributed by atoms with Gasteiger partial charge in [-0.25, -0.2) is 0 Å². The Morgan fingerprint density at radius 2 is 2.22 bits per heavy atom. The zero-order chi connectivity index (χ0) is 12.5. The second kappa shape index (κ2) is 4.31. The Hall–Kier alpha value is -2.07. The van der Waals surface area contributed by atoms with Gasteiger partial charge in [0.1, 0.15) is 0 Å². The van der Waals surface area contributed by atoms with E-state index in [1.807, 2.05) is 43.5 Å². The molecular weight excluding hydrogens is 228 g/mol. The second-order valence-electron chi connectivity index (χ2n) is 4.39. The summed E-state index contributed by atoms with van der Waals surface area (Å²) in [6, 6.07) is 9.89. The molecule has 3 rings (SSSR count). The minimum atomic E-state index is 0.0385. The van der Waals surface area contributed by atoms with E-state index in [-0.39, 0.29) is 6.61 Å². The SMILES string of the molecule is Cc1cc(Cn2ccc3cccc(CO)c32)on1. The highest BCUT2D eigenvalue weighted by molar-refractivity contribution is 5.83. The van der Waals surface area contributed by atoms with Gasteiger partial charge in [-0.3, -0.25) is 0 Å². The first-order valence-electron chi connectivity index (χ1n) is 5.88. The quantitative estimate of drug-likeness (QED) is 0.767. The van der Waals surface area contributed by atoms with Gasteiger partial charge < -0.3 is 14.2 Å². The van der Waals surface area contributed by atoms with Crippen LogP contribution in [-0.4, -0.2) is 14.8 Å². The van der Waals surface area contributed by atoms with Crippen LogP contribution in [0.5, 0.6) is 0 Å². The minimum Gasteiger partial charge on any atom is -0.392 e. The molecule has 4 nitrogen and oxygen atoms in total. The first-order chi connectivity index (χ1) is 8.78. The van der Waals surface area contributed by atoms with Crippen LogP contribution in [0, 0.1) is 6.92 Å². The lowest BCUT2D eigenvalue weighted by molar-refractivity contribution is 0.283. The fourth-order valence-corrected chi connectivity index (χ4v) is 2.26. The van der Waals surface area contributed by atoms with Crippen molar-refractivity contribution < 1.29 is 9.63 Å². The number of benzene rings is 1. The fourth-order valence-electron chi connectivity index (χ4n) is 2.26. The van der Waals surface area contributed by atoms with Gasteiger partial charge in [0, 0.05) is 17.8 Å². The van der Waals surface area contributed by atoms with Crippen molar-refractivity contribution in [2.45, 2.75) is 20.1 Å². The molecule has 0 radical (unpaired) electrons. The minimum absolute atomic E-state index is 0.0385. The van der Waals surface area contributed by atoms with Crippen LogP contribution in [0.4, 0.5) is 0 Å². The molecule has 4 heteroatoms. The maximum absolute atomic E-state index is 9.40. The predicted molar refractivity (Wildman–Crippen MR) is 68.2 cm³/mol. The van der Waals surface area contributed by atoms with Crippen LogP contribution in [-0.2, 0) is 13.2 Å². The molecular formula is C14H14N2O2. The van der Waals surface area contributed by atoms with E-state index in [1.54, 1.807) is 0 Å². The number of aromatic nitrogens is 2. The molecule has 0 bridgehead atoms. The maximum Gasteiger partial charge on any atom is 0.156 e. The van der Waals surface area contributed by atoms with Crippen LogP contribution in [0.3, 0.4) is 0 Å². The summed E-state index contributed by atoms with van der Waals surface area (Å²) in [6.45, 7) is 2.57. The first kappa shape index (κ1) is 11.0.